The van der Waals surface area contributed by atoms with E-state index in [0.717, 1.165) is 203 Å². The molecule has 10 aliphatic carbocycles. The van der Waals surface area contributed by atoms with E-state index in [1.54, 1.807) is 54.6 Å². The first-order valence-electron chi connectivity index (χ1n) is 44.0. The van der Waals surface area contributed by atoms with Crippen molar-refractivity contribution in [2.75, 3.05) is 16.9 Å². The number of amides is 3. The van der Waals surface area contributed by atoms with Crippen LogP contribution in [0.15, 0.2) is 150 Å². The fourth-order valence-electron chi connectivity index (χ4n) is 21.1. The summed E-state index contributed by atoms with van der Waals surface area (Å²) in [5.41, 5.74) is 16.5. The summed E-state index contributed by atoms with van der Waals surface area (Å²) >= 11 is 45.5. The Morgan fingerprint density at radius 2 is 0.744 bits per heavy atom. The Morgan fingerprint density at radius 3 is 1.06 bits per heavy atom. The number of hydrogen-bond acceptors (Lipinski definition) is 17. The van der Waals surface area contributed by atoms with Crippen molar-refractivity contribution in [1.82, 2.24) is 20.8 Å². The zero-order valence-corrected chi connectivity index (χ0v) is 77.6. The van der Waals surface area contributed by atoms with Crippen molar-refractivity contribution < 1.29 is 81.4 Å². The van der Waals surface area contributed by atoms with Gasteiger partial charge >= 0.3 is 23.9 Å². The first kappa shape index (κ1) is 89.3. The van der Waals surface area contributed by atoms with E-state index < -0.39 is 29.7 Å². The molecule has 0 radical (unpaired) electrons. The van der Waals surface area contributed by atoms with E-state index in [0.29, 0.717) is 101 Å². The molecule has 13 aliphatic rings. The Labute approximate surface area is 790 Å². The highest BCUT2D eigenvalue weighted by atomic mass is 79.9. The quantitative estimate of drug-likeness (QED) is 0.0486. The third-order valence-corrected chi connectivity index (χ3v) is 30.8. The number of aliphatic carboxylic acids is 3. The van der Waals surface area contributed by atoms with Crippen LogP contribution < -0.4 is 15.1 Å². The number of methoxy groups -OCH3 is 1. The number of aryl methyl sites for hydroxylation is 4. The molecular formula is C98H90Br2Cl6N6O17. The van der Waals surface area contributed by atoms with E-state index in [9.17, 15) is 43.8 Å². The number of ether oxygens (including phenoxy) is 4. The van der Waals surface area contributed by atoms with Crippen LogP contribution in [-0.2, 0) is 98.0 Å². The summed E-state index contributed by atoms with van der Waals surface area (Å²) in [6.07, 6.45) is 16.8. The van der Waals surface area contributed by atoms with Gasteiger partial charge in [0.2, 0.25) is 17.7 Å². The largest absolute Gasteiger partial charge is 0.481 e. The summed E-state index contributed by atoms with van der Waals surface area (Å²) in [5.74, 6) is -0.313. The van der Waals surface area contributed by atoms with Crippen molar-refractivity contribution in [1.29, 1.82) is 0 Å². The molecule has 23 nitrogen and oxygen atoms in total. The van der Waals surface area contributed by atoms with Crippen LogP contribution in [-0.4, -0.2) is 116 Å². The molecule has 670 valence electrons. The smallest absolute Gasteiger partial charge is 0.313 e. The van der Waals surface area contributed by atoms with Crippen LogP contribution in [0, 0.1) is 17.8 Å². The molecule has 6 bridgehead atoms. The van der Waals surface area contributed by atoms with Crippen molar-refractivity contribution in [3.8, 4) is 33.8 Å². The molecule has 7 aromatic carbocycles. The lowest BCUT2D eigenvalue weighted by Gasteiger charge is -2.32. The van der Waals surface area contributed by atoms with Crippen molar-refractivity contribution in [3.63, 3.8) is 0 Å². The summed E-state index contributed by atoms with van der Waals surface area (Å²) < 4.78 is 43.0. The minimum absolute atomic E-state index is 0.0448. The highest BCUT2D eigenvalue weighted by Crippen LogP contribution is 2.54. The Hall–Kier alpha value is -8.96. The number of halogens is 8. The van der Waals surface area contributed by atoms with Crippen LogP contribution in [0.4, 0.5) is 11.4 Å². The molecule has 3 aromatic heterocycles. The molecule has 23 rings (SSSR count). The van der Waals surface area contributed by atoms with Gasteiger partial charge in [-0.1, -0.05) is 159 Å². The highest BCUT2D eigenvalue weighted by Gasteiger charge is 2.55. The number of nitrogens with zero attached hydrogens (tertiary/aromatic N) is 5. The van der Waals surface area contributed by atoms with Gasteiger partial charge in [0.05, 0.1) is 117 Å². The van der Waals surface area contributed by atoms with Gasteiger partial charge in [0, 0.05) is 89.6 Å². The molecule has 0 spiro atoms. The topological polar surface area (TPSA) is 314 Å². The molecule has 4 N–H and O–H groups in total. The van der Waals surface area contributed by atoms with Gasteiger partial charge in [0.1, 0.15) is 34.4 Å². The Morgan fingerprint density at radius 1 is 0.419 bits per heavy atom. The lowest BCUT2D eigenvalue weighted by atomic mass is 10.00. The maximum atomic E-state index is 13.5. The Bertz CT molecular complexity index is 5850. The molecular weight excluding hydrogens is 1910 g/mol. The number of carbonyl (C=O) groups is 7. The second-order valence-corrected chi connectivity index (χ2v) is 40.1. The molecule has 31 heteroatoms. The van der Waals surface area contributed by atoms with Gasteiger partial charge in [-0.15, -0.1) is 0 Å². The number of carboxylic acids is 3. The zero-order chi connectivity index (χ0) is 89.6. The van der Waals surface area contributed by atoms with Crippen molar-refractivity contribution in [2.24, 2.45) is 17.8 Å². The number of nitrogens with one attached hydrogen (secondary N) is 1. The molecule has 3 saturated heterocycles. The third kappa shape index (κ3) is 17.9. The van der Waals surface area contributed by atoms with Crippen LogP contribution in [0.1, 0.15) is 223 Å². The molecule has 9 fully saturated rings. The van der Waals surface area contributed by atoms with Gasteiger partial charge in [-0.25, -0.2) is 0 Å². The predicted molar refractivity (Wildman–Crippen MR) is 491 cm³/mol. The lowest BCUT2D eigenvalue weighted by Crippen LogP contribution is -2.43. The van der Waals surface area contributed by atoms with Crippen LogP contribution >= 0.6 is 101 Å². The Balaban J connectivity index is 0.000000111. The van der Waals surface area contributed by atoms with Crippen molar-refractivity contribution in [3.05, 3.63) is 245 Å². The third-order valence-electron chi connectivity index (χ3n) is 27.9. The number of carbonyl (C=O) groups excluding carboxylic acids is 4. The number of benzene rings is 7. The second kappa shape index (κ2) is 37.2. The number of piperidine rings is 3. The molecule has 10 aromatic rings. The van der Waals surface area contributed by atoms with Crippen molar-refractivity contribution in [2.45, 2.75) is 226 Å². The van der Waals surface area contributed by atoms with Gasteiger partial charge in [-0.2, -0.15) is 0 Å². The average Bonchev–Trinajstić information content (AvgIpc) is 1.79. The first-order chi connectivity index (χ1) is 62.3. The van der Waals surface area contributed by atoms with Crippen LogP contribution in [0.25, 0.3) is 33.8 Å². The number of hydrogen-bond donors (Lipinski definition) is 4. The molecule has 6 saturated carbocycles. The molecule has 3 amide bonds. The molecule has 13 atom stereocenters. The summed E-state index contributed by atoms with van der Waals surface area (Å²) in [6, 6.07) is 39.9. The molecule has 129 heavy (non-hydrogen) atoms. The second-order valence-electron chi connectivity index (χ2n) is 35.8. The maximum absolute atomic E-state index is 13.5. The van der Waals surface area contributed by atoms with Gasteiger partial charge in [-0.3, -0.25) is 33.6 Å². The monoisotopic (exact) mass is 1990 g/mol. The SMILES string of the molecule is COC(=O)C1CCc2cc(Br)ccc21.O=C(O)C1CCc2cc(Br)ccc21.O=C(O)C1CCc2cc(N3C(=O)[C@@H]4C[C@H]3C[C@H]4OCc3c(-c4c(Cl)cccc4Cl)noc3C3CC3)ccc21.O=C(O)C1CCc2cc(N3C(=O)[C@@H]4C[C@H]3C[C@H]4OCc3c(-c4c(Cl)cccc4Cl)noc3C3CC3)ccc21.O=C1N[C@@H]2C[C@@H](OCc3c(-c4c(Cl)cccc4Cl)noc3C3CC3)[C@H]1C2. The van der Waals surface area contributed by atoms with Gasteiger partial charge < -0.3 is 63.0 Å². The first-order valence-corrected chi connectivity index (χ1v) is 47.9. The lowest BCUT2D eigenvalue weighted by molar-refractivity contribution is -0.142. The van der Waals surface area contributed by atoms with Crippen LogP contribution in [0.3, 0.4) is 0 Å². The van der Waals surface area contributed by atoms with E-state index in [-0.39, 0.29) is 103 Å². The molecule has 6 heterocycles. The highest BCUT2D eigenvalue weighted by molar-refractivity contribution is 9.10. The number of anilines is 2. The summed E-state index contributed by atoms with van der Waals surface area (Å²) in [7, 11) is 1.44. The van der Waals surface area contributed by atoms with Gasteiger partial charge in [-0.05, 0) is 258 Å². The van der Waals surface area contributed by atoms with E-state index in [1.807, 2.05) is 76.5 Å². The normalized spacial score (nSPS) is 24.8. The zero-order valence-electron chi connectivity index (χ0n) is 69.9. The van der Waals surface area contributed by atoms with Crippen molar-refractivity contribution >= 4 is 154 Å². The maximum Gasteiger partial charge on any atom is 0.313 e. The number of rotatable bonds is 21. The standard InChI is InChI=1S/2C29H26Cl2N2O5.C19H18Cl2N2O3.C11H11BrO2.C10H9BrO2/c2*30-22-2-1-3-23(31)25(22)26-21(27(38-32-26)14-4-5-14)13-37-24-12-17-11-20(24)28(34)33(17)16-7-9-18-15(10-16)6-8-19(18)29(35)36;20-13-2-1-3-14(21)16(13)17-12(18(26-23-17)9-4-5-9)8-25-15-7-10-6-11(15)19(24)22-10;1-14-11(13)10-4-2-7-6-8(12)3-5-9(7)10;11-7-2-4-8-6(5-7)1-3-9(8)10(12)13/h2*1-3,7,9-10,14,17,19-20,24H,4-6,8,11-13H2,(H,35,36);1-3,9-11,15H,4-8H2,(H,22,24);3,5-6,10H,2,4H2,1H3;2,4-5,9H,1,3H2,(H,12,13)/t2*17-,19?,20+,24+;10-,11+,15+;;/m000../s1. The van der Waals surface area contributed by atoms with Crippen LogP contribution in [0.2, 0.25) is 30.1 Å². The van der Waals surface area contributed by atoms with Gasteiger partial charge in [0.25, 0.3) is 0 Å². The average molecular weight is 2000 g/mol. The molecule has 3 aliphatic heterocycles. The minimum atomic E-state index is -0.787. The van der Waals surface area contributed by atoms with E-state index in [4.69, 9.17) is 107 Å². The number of fused-ring (bicyclic) bond motifs is 10. The minimum Gasteiger partial charge on any atom is -0.481 e. The summed E-state index contributed by atoms with van der Waals surface area (Å²) in [6.45, 7) is 0.916. The number of carboxylic acid groups (broad SMARTS) is 3. The summed E-state index contributed by atoms with van der Waals surface area (Å²) in [4.78, 5) is 88.0. The number of esters is 1. The predicted octanol–water partition coefficient (Wildman–Crippen LogP) is 22.2. The fourth-order valence-corrected chi connectivity index (χ4v) is 23.6. The molecule has 4 unspecified atom stereocenters. The van der Waals surface area contributed by atoms with E-state index in [1.165, 1.54) is 18.2 Å². The summed E-state index contributed by atoms with van der Waals surface area (Å²) in [5, 5.41) is 46.9. The fraction of sp³-hybridized carbons (Fsp3) is 0.408. The van der Waals surface area contributed by atoms with E-state index in [2.05, 4.69) is 58.7 Å². The van der Waals surface area contributed by atoms with Gasteiger partial charge in [0.15, 0.2) is 0 Å². The van der Waals surface area contributed by atoms with E-state index >= 15 is 0 Å². The van der Waals surface area contributed by atoms with Crippen LogP contribution in [0.5, 0.6) is 0 Å². The Kier molecular flexibility index (Phi) is 25.8. The number of aromatic nitrogens is 3.